The SMILES string of the molecule is COc1ccccc1-n1c(C)cc(/C=C2\SC(=O)N(Cc3ccc(C)cc3)C2=O)c1C. The third-order valence-electron chi connectivity index (χ3n) is 5.42. The third kappa shape index (κ3) is 4.03. The van der Waals surface area contributed by atoms with Crippen molar-refractivity contribution in [3.8, 4) is 11.4 Å². The van der Waals surface area contributed by atoms with Gasteiger partial charge in [-0.2, -0.15) is 0 Å². The van der Waals surface area contributed by atoms with Gasteiger partial charge in [0.05, 0.1) is 24.2 Å². The molecule has 2 aromatic carbocycles. The lowest BCUT2D eigenvalue weighted by atomic mass is 10.1. The molecule has 0 spiro atoms. The predicted molar refractivity (Wildman–Crippen MR) is 124 cm³/mol. The summed E-state index contributed by atoms with van der Waals surface area (Å²) in [5, 5.41) is -0.240. The highest BCUT2D eigenvalue weighted by Gasteiger charge is 2.35. The molecule has 5 nitrogen and oxygen atoms in total. The van der Waals surface area contributed by atoms with Gasteiger partial charge in [-0.15, -0.1) is 0 Å². The number of amides is 2. The lowest BCUT2D eigenvalue weighted by Gasteiger charge is -2.13. The standard InChI is InChI=1S/C25H24N2O3S/c1-16-9-11-19(12-10-16)15-26-24(28)23(31-25(26)29)14-20-13-17(2)27(18(20)3)21-7-5-6-8-22(21)30-4/h5-14H,15H2,1-4H3/b23-14-. The van der Waals surface area contributed by atoms with Crippen LogP contribution < -0.4 is 4.74 Å². The molecule has 1 aliphatic heterocycles. The van der Waals surface area contributed by atoms with Crippen LogP contribution in [-0.4, -0.2) is 27.7 Å². The molecule has 2 amide bonds. The van der Waals surface area contributed by atoms with Gasteiger partial charge >= 0.3 is 0 Å². The molecule has 6 heteroatoms. The molecule has 4 rings (SSSR count). The monoisotopic (exact) mass is 432 g/mol. The van der Waals surface area contributed by atoms with Crippen molar-refractivity contribution in [3.63, 3.8) is 0 Å². The fraction of sp³-hybridized carbons (Fsp3) is 0.200. The zero-order chi connectivity index (χ0) is 22.1. The van der Waals surface area contributed by atoms with Crippen molar-refractivity contribution < 1.29 is 14.3 Å². The van der Waals surface area contributed by atoms with Crippen LogP contribution in [0, 0.1) is 20.8 Å². The van der Waals surface area contributed by atoms with Gasteiger partial charge in [-0.3, -0.25) is 14.5 Å². The van der Waals surface area contributed by atoms with Crippen LogP contribution in [0.3, 0.4) is 0 Å². The van der Waals surface area contributed by atoms with Crippen molar-refractivity contribution in [3.05, 3.63) is 87.6 Å². The second-order valence-electron chi connectivity index (χ2n) is 7.59. The Labute approximate surface area is 186 Å². The maximum atomic E-state index is 13.0. The molecule has 0 saturated carbocycles. The smallest absolute Gasteiger partial charge is 0.293 e. The van der Waals surface area contributed by atoms with Gasteiger partial charge < -0.3 is 9.30 Å². The first-order chi connectivity index (χ1) is 14.9. The van der Waals surface area contributed by atoms with E-state index in [0.717, 1.165) is 51.3 Å². The summed E-state index contributed by atoms with van der Waals surface area (Å²) in [6, 6.07) is 17.7. The first kappa shape index (κ1) is 21.0. The second kappa shape index (κ2) is 8.47. The van der Waals surface area contributed by atoms with Crippen LogP contribution in [0.5, 0.6) is 5.75 Å². The molecule has 3 aromatic rings. The summed E-state index contributed by atoms with van der Waals surface area (Å²) in [6.45, 7) is 6.30. The number of nitrogens with zero attached hydrogens (tertiary/aromatic N) is 2. The largest absolute Gasteiger partial charge is 0.495 e. The van der Waals surface area contributed by atoms with Crippen molar-refractivity contribution in [1.29, 1.82) is 0 Å². The fourth-order valence-electron chi connectivity index (χ4n) is 3.77. The highest BCUT2D eigenvalue weighted by Crippen LogP contribution is 2.35. The molecule has 1 aliphatic rings. The number of benzene rings is 2. The first-order valence-electron chi connectivity index (χ1n) is 10.0. The van der Waals surface area contributed by atoms with E-state index in [0.29, 0.717) is 4.91 Å². The maximum Gasteiger partial charge on any atom is 0.293 e. The minimum atomic E-state index is -0.252. The van der Waals surface area contributed by atoms with Gasteiger partial charge in [0, 0.05) is 11.4 Å². The van der Waals surface area contributed by atoms with Crippen LogP contribution >= 0.6 is 11.8 Å². The Morgan fingerprint density at radius 2 is 1.71 bits per heavy atom. The molecular formula is C25H24N2O3S. The van der Waals surface area contributed by atoms with Crippen LogP contribution in [0.2, 0.25) is 0 Å². The number of rotatable bonds is 5. The van der Waals surface area contributed by atoms with Crippen molar-refractivity contribution in [2.75, 3.05) is 7.11 Å². The summed E-state index contributed by atoms with van der Waals surface area (Å²) in [5.74, 6) is 0.520. The molecule has 1 fully saturated rings. The molecule has 31 heavy (non-hydrogen) atoms. The summed E-state index contributed by atoms with van der Waals surface area (Å²) < 4.78 is 7.61. The van der Waals surface area contributed by atoms with Gasteiger partial charge in [0.2, 0.25) is 0 Å². The van der Waals surface area contributed by atoms with E-state index in [1.807, 2.05) is 81.4 Å². The molecule has 1 aromatic heterocycles. The summed E-state index contributed by atoms with van der Waals surface area (Å²) in [5.41, 5.74) is 5.92. The molecule has 158 valence electrons. The Kier molecular flexibility index (Phi) is 5.74. The predicted octanol–water partition coefficient (Wildman–Crippen LogP) is 5.65. The molecule has 0 N–H and O–H groups in total. The minimum Gasteiger partial charge on any atom is -0.495 e. The average molecular weight is 433 g/mol. The number of aromatic nitrogens is 1. The van der Waals surface area contributed by atoms with E-state index in [9.17, 15) is 9.59 Å². The molecule has 0 atom stereocenters. The van der Waals surface area contributed by atoms with E-state index in [1.165, 1.54) is 4.90 Å². The molecule has 2 heterocycles. The van der Waals surface area contributed by atoms with E-state index in [4.69, 9.17) is 4.74 Å². The van der Waals surface area contributed by atoms with Crippen LogP contribution in [-0.2, 0) is 11.3 Å². The summed E-state index contributed by atoms with van der Waals surface area (Å²) in [7, 11) is 1.65. The number of thioether (sulfide) groups is 1. The van der Waals surface area contributed by atoms with E-state index in [1.54, 1.807) is 7.11 Å². The average Bonchev–Trinajstić information content (AvgIpc) is 3.18. The Bertz CT molecular complexity index is 1190. The number of carbonyl (C=O) groups is 2. The van der Waals surface area contributed by atoms with Crippen LogP contribution in [0.15, 0.2) is 59.5 Å². The van der Waals surface area contributed by atoms with E-state index < -0.39 is 0 Å². The van der Waals surface area contributed by atoms with Gasteiger partial charge in [-0.25, -0.2) is 0 Å². The number of ether oxygens (including phenoxy) is 1. The van der Waals surface area contributed by atoms with Crippen molar-refractivity contribution >= 4 is 29.0 Å². The molecule has 0 bridgehead atoms. The number of para-hydroxylation sites is 2. The van der Waals surface area contributed by atoms with Crippen molar-refractivity contribution in [2.24, 2.45) is 0 Å². The topological polar surface area (TPSA) is 51.5 Å². The number of carbonyl (C=O) groups excluding carboxylic acids is 2. The van der Waals surface area contributed by atoms with Gasteiger partial charge in [0.15, 0.2) is 0 Å². The normalized spacial score (nSPS) is 15.2. The maximum absolute atomic E-state index is 13.0. The molecular weight excluding hydrogens is 408 g/mol. The van der Waals surface area contributed by atoms with Gasteiger partial charge in [0.1, 0.15) is 5.75 Å². The highest BCUT2D eigenvalue weighted by molar-refractivity contribution is 8.18. The molecule has 0 aliphatic carbocycles. The lowest BCUT2D eigenvalue weighted by Crippen LogP contribution is -2.27. The minimum absolute atomic E-state index is 0.240. The second-order valence-corrected chi connectivity index (χ2v) is 8.58. The van der Waals surface area contributed by atoms with Gasteiger partial charge in [0.25, 0.3) is 11.1 Å². The number of hydrogen-bond donors (Lipinski definition) is 0. The lowest BCUT2D eigenvalue weighted by molar-refractivity contribution is -0.123. The Hall–Kier alpha value is -3.25. The Morgan fingerprint density at radius 1 is 1.00 bits per heavy atom. The number of aryl methyl sites for hydroxylation is 2. The summed E-state index contributed by atoms with van der Waals surface area (Å²) in [4.78, 5) is 27.2. The number of methoxy groups -OCH3 is 1. The molecule has 0 unspecified atom stereocenters. The van der Waals surface area contributed by atoms with Gasteiger partial charge in [-0.05, 0) is 67.9 Å². The van der Waals surface area contributed by atoms with E-state index in [-0.39, 0.29) is 17.7 Å². The van der Waals surface area contributed by atoms with Crippen LogP contribution in [0.4, 0.5) is 4.79 Å². The van der Waals surface area contributed by atoms with Gasteiger partial charge in [-0.1, -0.05) is 42.0 Å². The Balaban J connectivity index is 1.64. The van der Waals surface area contributed by atoms with E-state index >= 15 is 0 Å². The highest BCUT2D eigenvalue weighted by atomic mass is 32.2. The molecule has 0 radical (unpaired) electrons. The van der Waals surface area contributed by atoms with E-state index in [2.05, 4.69) is 4.57 Å². The fourth-order valence-corrected chi connectivity index (χ4v) is 4.60. The van der Waals surface area contributed by atoms with Crippen molar-refractivity contribution in [1.82, 2.24) is 9.47 Å². The van der Waals surface area contributed by atoms with Crippen molar-refractivity contribution in [2.45, 2.75) is 27.3 Å². The third-order valence-corrected chi connectivity index (χ3v) is 6.33. The summed E-state index contributed by atoms with van der Waals surface area (Å²) in [6.07, 6.45) is 1.81. The number of hydrogen-bond acceptors (Lipinski definition) is 4. The van der Waals surface area contributed by atoms with Crippen LogP contribution in [0.25, 0.3) is 11.8 Å². The molecule has 1 saturated heterocycles. The quantitative estimate of drug-likeness (QED) is 0.489. The summed E-state index contributed by atoms with van der Waals surface area (Å²) >= 11 is 0.991. The number of imide groups is 1. The Morgan fingerprint density at radius 3 is 2.42 bits per heavy atom. The zero-order valence-electron chi connectivity index (χ0n) is 18.0. The zero-order valence-corrected chi connectivity index (χ0v) is 18.8. The van der Waals surface area contributed by atoms with Crippen LogP contribution in [0.1, 0.15) is 28.1 Å². The first-order valence-corrected chi connectivity index (χ1v) is 10.8.